The predicted octanol–water partition coefficient (Wildman–Crippen LogP) is 1.12. The molecule has 3 rings (SSSR count). The molecule has 7 heteroatoms. The van der Waals surface area contributed by atoms with Crippen molar-refractivity contribution in [1.82, 2.24) is 10.6 Å². The normalized spacial score (nSPS) is 17.2. The lowest BCUT2D eigenvalue weighted by molar-refractivity contribution is -0.157. The average Bonchev–Trinajstić information content (AvgIpc) is 2.65. The smallest absolute Gasteiger partial charge is 0.328 e. The monoisotopic (exact) mass is 354 g/mol. The zero-order valence-electron chi connectivity index (χ0n) is 14.1. The van der Waals surface area contributed by atoms with Crippen molar-refractivity contribution in [2.24, 2.45) is 0 Å². The third kappa shape index (κ3) is 3.16. The van der Waals surface area contributed by atoms with Gasteiger partial charge in [-0.25, -0.2) is 4.79 Å². The Morgan fingerprint density at radius 1 is 0.962 bits per heavy atom. The number of ether oxygens (including phenoxy) is 1. The number of imide groups is 2. The van der Waals surface area contributed by atoms with Gasteiger partial charge in [0.2, 0.25) is 5.60 Å². The summed E-state index contributed by atoms with van der Waals surface area (Å²) in [5.41, 5.74) is -1.02. The molecule has 0 aliphatic carbocycles. The van der Waals surface area contributed by atoms with Crippen LogP contribution in [0.1, 0.15) is 17.0 Å². The van der Waals surface area contributed by atoms with Crippen molar-refractivity contribution in [2.45, 2.75) is 17.9 Å². The third-order valence-corrected chi connectivity index (χ3v) is 4.45. The van der Waals surface area contributed by atoms with E-state index < -0.39 is 29.4 Å². The fraction of sp³-hybridized carbons (Fsp3) is 0.211. The second kappa shape index (κ2) is 6.97. The van der Waals surface area contributed by atoms with Crippen LogP contribution in [0, 0.1) is 0 Å². The van der Waals surface area contributed by atoms with E-state index in [-0.39, 0.29) is 6.42 Å². The predicted molar refractivity (Wildman–Crippen MR) is 92.5 cm³/mol. The van der Waals surface area contributed by atoms with E-state index in [2.05, 4.69) is 0 Å². The molecule has 0 unspecified atom stereocenters. The first-order valence-corrected chi connectivity index (χ1v) is 8.02. The molecule has 0 radical (unpaired) electrons. The lowest BCUT2D eigenvalue weighted by Crippen LogP contribution is -2.69. The maximum Gasteiger partial charge on any atom is 0.328 e. The fourth-order valence-corrected chi connectivity index (χ4v) is 3.04. The van der Waals surface area contributed by atoms with Gasteiger partial charge >= 0.3 is 6.03 Å². The van der Waals surface area contributed by atoms with Crippen LogP contribution in [0.3, 0.4) is 0 Å². The number of benzene rings is 2. The molecule has 0 spiro atoms. The largest absolute Gasteiger partial charge is 0.497 e. The van der Waals surface area contributed by atoms with Crippen LogP contribution in [0.4, 0.5) is 4.79 Å². The Labute approximate surface area is 150 Å². The van der Waals surface area contributed by atoms with Crippen LogP contribution in [0.15, 0.2) is 54.6 Å². The van der Waals surface area contributed by atoms with Crippen molar-refractivity contribution in [2.75, 3.05) is 7.11 Å². The van der Waals surface area contributed by atoms with Gasteiger partial charge in [0.25, 0.3) is 11.8 Å². The second-order valence-corrected chi connectivity index (χ2v) is 6.02. The summed E-state index contributed by atoms with van der Waals surface area (Å²) in [6, 6.07) is 15.0. The van der Waals surface area contributed by atoms with E-state index >= 15 is 0 Å². The molecule has 1 heterocycles. The number of urea groups is 1. The Kier molecular flexibility index (Phi) is 4.73. The average molecular weight is 354 g/mol. The number of amides is 4. The first-order chi connectivity index (χ1) is 12.4. The number of barbiturate groups is 1. The lowest BCUT2D eigenvalue weighted by Gasteiger charge is -2.36. The highest BCUT2D eigenvalue weighted by atomic mass is 16.5. The summed E-state index contributed by atoms with van der Waals surface area (Å²) in [4.78, 5) is 36.2. The first-order valence-electron chi connectivity index (χ1n) is 8.02. The van der Waals surface area contributed by atoms with Crippen molar-refractivity contribution in [1.29, 1.82) is 0 Å². The number of aliphatic hydroxyl groups is 1. The molecule has 134 valence electrons. The van der Waals surface area contributed by atoms with Crippen LogP contribution in [-0.4, -0.2) is 35.7 Å². The minimum atomic E-state index is -2.42. The van der Waals surface area contributed by atoms with E-state index in [0.717, 1.165) is 5.56 Å². The Morgan fingerprint density at radius 2 is 1.54 bits per heavy atom. The number of carbonyl (C=O) groups excluding carboxylic acids is 3. The van der Waals surface area contributed by atoms with Crippen LogP contribution < -0.4 is 15.4 Å². The van der Waals surface area contributed by atoms with Crippen LogP contribution >= 0.6 is 0 Å². The minimum absolute atomic E-state index is 0.221. The first kappa shape index (κ1) is 17.6. The molecule has 3 N–H and O–H groups in total. The van der Waals surface area contributed by atoms with Gasteiger partial charge in [0.15, 0.2) is 0 Å². The summed E-state index contributed by atoms with van der Waals surface area (Å²) in [6.07, 6.45) is 0.221. The van der Waals surface area contributed by atoms with Gasteiger partial charge in [-0.2, -0.15) is 0 Å². The molecule has 0 aromatic heterocycles. The number of rotatable bonds is 5. The van der Waals surface area contributed by atoms with Crippen molar-refractivity contribution in [3.8, 4) is 5.75 Å². The highest BCUT2D eigenvalue weighted by Gasteiger charge is 2.54. The lowest BCUT2D eigenvalue weighted by atomic mass is 9.76. The summed E-state index contributed by atoms with van der Waals surface area (Å²) in [5, 5.41) is 15.0. The number of nitrogens with one attached hydrogen (secondary N) is 2. The van der Waals surface area contributed by atoms with E-state index in [4.69, 9.17) is 4.74 Å². The number of carbonyl (C=O) groups is 3. The standard InChI is InChI=1S/C19H18N2O5/c1-26-14-9-7-13(8-10-14)15(11-12-5-3-2-4-6-12)19(25)16(22)20-18(24)21-17(19)23/h2-10,15,25H,11H2,1H3,(H2,20,21,22,23,24)/t15-/m1/s1. The van der Waals surface area contributed by atoms with E-state index in [1.165, 1.54) is 7.11 Å². The maximum absolute atomic E-state index is 12.4. The number of hydrogen-bond acceptors (Lipinski definition) is 5. The molecule has 4 amide bonds. The number of methoxy groups -OCH3 is 1. The summed E-state index contributed by atoms with van der Waals surface area (Å²) in [6.45, 7) is 0. The van der Waals surface area contributed by atoms with Gasteiger partial charge < -0.3 is 9.84 Å². The topological polar surface area (TPSA) is 105 Å². The molecule has 1 atom stereocenters. The van der Waals surface area contributed by atoms with Crippen molar-refractivity contribution in [3.63, 3.8) is 0 Å². The van der Waals surface area contributed by atoms with Crippen LogP contribution in [-0.2, 0) is 16.0 Å². The molecule has 2 aromatic rings. The van der Waals surface area contributed by atoms with Crippen LogP contribution in [0.5, 0.6) is 5.75 Å². The van der Waals surface area contributed by atoms with Gasteiger partial charge in [-0.05, 0) is 29.7 Å². The van der Waals surface area contributed by atoms with Gasteiger partial charge in [0.05, 0.1) is 7.11 Å². The van der Waals surface area contributed by atoms with Gasteiger partial charge in [-0.3, -0.25) is 20.2 Å². The Morgan fingerprint density at radius 3 is 2.08 bits per heavy atom. The fourth-order valence-electron chi connectivity index (χ4n) is 3.04. The van der Waals surface area contributed by atoms with E-state index in [1.54, 1.807) is 24.3 Å². The molecule has 1 aliphatic rings. The maximum atomic E-state index is 12.4. The second-order valence-electron chi connectivity index (χ2n) is 6.02. The molecule has 0 saturated carbocycles. The highest BCUT2D eigenvalue weighted by molar-refractivity contribution is 6.22. The quantitative estimate of drug-likeness (QED) is 0.698. The molecule has 1 fully saturated rings. The van der Waals surface area contributed by atoms with Crippen molar-refractivity contribution < 1.29 is 24.2 Å². The molecular weight excluding hydrogens is 336 g/mol. The Hall–Kier alpha value is -3.19. The third-order valence-electron chi connectivity index (χ3n) is 4.45. The van der Waals surface area contributed by atoms with E-state index in [0.29, 0.717) is 11.3 Å². The summed E-state index contributed by atoms with van der Waals surface area (Å²) < 4.78 is 5.13. The van der Waals surface area contributed by atoms with E-state index in [1.807, 2.05) is 41.0 Å². The SMILES string of the molecule is COc1ccc([C@@H](Cc2ccccc2)C2(O)C(=O)NC(=O)NC2=O)cc1. The molecule has 2 aromatic carbocycles. The number of hydrogen-bond donors (Lipinski definition) is 3. The van der Waals surface area contributed by atoms with Gasteiger partial charge in [-0.15, -0.1) is 0 Å². The minimum Gasteiger partial charge on any atom is -0.497 e. The summed E-state index contributed by atoms with van der Waals surface area (Å²) >= 11 is 0. The molecule has 1 saturated heterocycles. The van der Waals surface area contributed by atoms with Crippen molar-refractivity contribution >= 4 is 17.8 Å². The Bertz CT molecular complexity index is 813. The van der Waals surface area contributed by atoms with Gasteiger partial charge in [-0.1, -0.05) is 42.5 Å². The van der Waals surface area contributed by atoms with Crippen LogP contribution in [0.25, 0.3) is 0 Å². The van der Waals surface area contributed by atoms with Crippen LogP contribution in [0.2, 0.25) is 0 Å². The molecule has 0 bridgehead atoms. The zero-order valence-corrected chi connectivity index (χ0v) is 14.1. The van der Waals surface area contributed by atoms with Gasteiger partial charge in [0, 0.05) is 5.92 Å². The van der Waals surface area contributed by atoms with E-state index in [9.17, 15) is 19.5 Å². The van der Waals surface area contributed by atoms with Crippen molar-refractivity contribution in [3.05, 3.63) is 65.7 Å². The highest BCUT2D eigenvalue weighted by Crippen LogP contribution is 2.34. The Balaban J connectivity index is 2.05. The molecule has 26 heavy (non-hydrogen) atoms. The zero-order chi connectivity index (χ0) is 18.7. The molecule has 1 aliphatic heterocycles. The summed E-state index contributed by atoms with van der Waals surface area (Å²) in [7, 11) is 1.53. The van der Waals surface area contributed by atoms with Gasteiger partial charge in [0.1, 0.15) is 5.75 Å². The molecular formula is C19H18N2O5. The summed E-state index contributed by atoms with van der Waals surface area (Å²) in [5.74, 6) is -2.37. The molecule has 7 nitrogen and oxygen atoms in total.